The number of nitrogens with one attached hydrogen (secondary N) is 1. The van der Waals surface area contributed by atoms with Gasteiger partial charge in [0.15, 0.2) is 0 Å². The van der Waals surface area contributed by atoms with Crippen LogP contribution in [0.15, 0.2) is 48.5 Å². The minimum absolute atomic E-state index is 0.0433. The number of nitrogens with zero attached hydrogens (tertiary/aromatic N) is 2. The number of hydrogen-bond acceptors (Lipinski definition) is 3. The van der Waals surface area contributed by atoms with Gasteiger partial charge in [0.25, 0.3) is 0 Å². The van der Waals surface area contributed by atoms with Crippen molar-refractivity contribution in [3.05, 3.63) is 64.7 Å². The van der Waals surface area contributed by atoms with E-state index in [1.165, 1.54) is 0 Å². The summed E-state index contributed by atoms with van der Waals surface area (Å²) >= 11 is 6.00. The van der Waals surface area contributed by atoms with Gasteiger partial charge in [0.05, 0.1) is 6.61 Å². The molecule has 0 aliphatic carbocycles. The summed E-state index contributed by atoms with van der Waals surface area (Å²) in [7, 11) is 0. The zero-order valence-electron chi connectivity index (χ0n) is 15.9. The van der Waals surface area contributed by atoms with Crippen molar-refractivity contribution in [3.63, 3.8) is 0 Å². The van der Waals surface area contributed by atoms with Crippen LogP contribution in [0.2, 0.25) is 5.02 Å². The van der Waals surface area contributed by atoms with E-state index in [0.717, 1.165) is 16.9 Å². The largest absolute Gasteiger partial charge is 0.494 e. The highest BCUT2D eigenvalue weighted by Gasteiger charge is 2.29. The first-order valence-corrected chi connectivity index (χ1v) is 9.70. The van der Waals surface area contributed by atoms with E-state index in [2.05, 4.69) is 5.32 Å². The summed E-state index contributed by atoms with van der Waals surface area (Å²) in [5.74, 6) is 0.569. The Balaban J connectivity index is 1.50. The van der Waals surface area contributed by atoms with Gasteiger partial charge in [-0.25, -0.2) is 4.79 Å². The normalized spacial score (nSPS) is 13.7. The van der Waals surface area contributed by atoms with E-state index in [9.17, 15) is 9.59 Å². The second kappa shape index (κ2) is 9.46. The molecule has 1 N–H and O–H groups in total. The average molecular weight is 402 g/mol. The molecule has 28 heavy (non-hydrogen) atoms. The summed E-state index contributed by atoms with van der Waals surface area (Å²) in [6.45, 7) is 4.50. The predicted molar refractivity (Wildman–Crippen MR) is 108 cm³/mol. The molecule has 2 aromatic rings. The minimum atomic E-state index is -0.191. The van der Waals surface area contributed by atoms with Crippen LogP contribution in [0.5, 0.6) is 5.75 Å². The van der Waals surface area contributed by atoms with Crippen molar-refractivity contribution in [1.29, 1.82) is 0 Å². The topological polar surface area (TPSA) is 61.9 Å². The fraction of sp³-hybridized carbons (Fsp3) is 0.333. The fourth-order valence-corrected chi connectivity index (χ4v) is 3.36. The van der Waals surface area contributed by atoms with Gasteiger partial charge in [0, 0.05) is 36.8 Å². The van der Waals surface area contributed by atoms with Crippen LogP contribution in [0, 0.1) is 0 Å². The monoisotopic (exact) mass is 401 g/mol. The van der Waals surface area contributed by atoms with E-state index in [-0.39, 0.29) is 18.5 Å². The quantitative estimate of drug-likeness (QED) is 0.738. The van der Waals surface area contributed by atoms with Crippen LogP contribution in [0.25, 0.3) is 0 Å². The number of urea groups is 1. The SMILES string of the molecule is CCOc1ccccc1CNC(=O)CN1CCN(Cc2cccc(Cl)c2)C1=O. The molecule has 1 aliphatic heterocycles. The van der Waals surface area contributed by atoms with Crippen molar-refractivity contribution in [1.82, 2.24) is 15.1 Å². The average Bonchev–Trinajstić information content (AvgIpc) is 3.01. The minimum Gasteiger partial charge on any atom is -0.494 e. The van der Waals surface area contributed by atoms with Gasteiger partial charge in [-0.3, -0.25) is 4.79 Å². The molecule has 0 spiro atoms. The maximum Gasteiger partial charge on any atom is 0.320 e. The van der Waals surface area contributed by atoms with Crippen molar-refractivity contribution < 1.29 is 14.3 Å². The number of ether oxygens (including phenoxy) is 1. The van der Waals surface area contributed by atoms with Crippen LogP contribution in [0.4, 0.5) is 4.79 Å². The van der Waals surface area contributed by atoms with Gasteiger partial charge in [-0.1, -0.05) is 41.9 Å². The Kier molecular flexibility index (Phi) is 6.76. The maximum atomic E-state index is 12.6. The van der Waals surface area contributed by atoms with E-state index in [1.807, 2.05) is 49.4 Å². The molecule has 1 saturated heterocycles. The first-order valence-electron chi connectivity index (χ1n) is 9.32. The Labute approximate surface area is 170 Å². The van der Waals surface area contributed by atoms with Crippen LogP contribution in [-0.2, 0) is 17.9 Å². The van der Waals surface area contributed by atoms with Crippen molar-refractivity contribution in [3.8, 4) is 5.75 Å². The lowest BCUT2D eigenvalue weighted by Gasteiger charge is -2.19. The van der Waals surface area contributed by atoms with Crippen LogP contribution in [0.1, 0.15) is 18.1 Å². The molecule has 148 valence electrons. The third-order valence-electron chi connectivity index (χ3n) is 4.53. The summed E-state index contributed by atoms with van der Waals surface area (Å²) in [6.07, 6.45) is 0. The zero-order valence-corrected chi connectivity index (χ0v) is 16.6. The number of para-hydroxylation sites is 1. The molecule has 1 heterocycles. The van der Waals surface area contributed by atoms with Crippen molar-refractivity contribution in [2.75, 3.05) is 26.2 Å². The van der Waals surface area contributed by atoms with Crippen molar-refractivity contribution >= 4 is 23.5 Å². The highest BCUT2D eigenvalue weighted by Crippen LogP contribution is 2.18. The Morgan fingerprint density at radius 2 is 1.93 bits per heavy atom. The van der Waals surface area contributed by atoms with Gasteiger partial charge in [0.1, 0.15) is 12.3 Å². The van der Waals surface area contributed by atoms with Gasteiger partial charge in [0.2, 0.25) is 5.91 Å². The number of carbonyl (C=O) groups excluding carboxylic acids is 2. The molecule has 0 atom stereocenters. The fourth-order valence-electron chi connectivity index (χ4n) is 3.15. The number of hydrogen-bond donors (Lipinski definition) is 1. The standard InChI is InChI=1S/C21H24ClN3O3/c1-2-28-19-9-4-3-7-17(19)13-23-20(26)15-25-11-10-24(21(25)27)14-16-6-5-8-18(22)12-16/h3-9,12H,2,10-11,13-15H2,1H3,(H,23,26). The smallest absolute Gasteiger partial charge is 0.320 e. The number of halogens is 1. The van der Waals surface area contributed by atoms with Gasteiger partial charge in [-0.15, -0.1) is 0 Å². The molecular formula is C21H24ClN3O3. The Hall–Kier alpha value is -2.73. The Bertz CT molecular complexity index is 843. The summed E-state index contributed by atoms with van der Waals surface area (Å²) in [4.78, 5) is 28.2. The molecule has 2 aromatic carbocycles. The molecule has 6 nitrogen and oxygen atoms in total. The van der Waals surface area contributed by atoms with Gasteiger partial charge in [-0.2, -0.15) is 0 Å². The third kappa shape index (κ3) is 5.16. The molecule has 0 radical (unpaired) electrons. The lowest BCUT2D eigenvalue weighted by molar-refractivity contribution is -0.121. The van der Waals surface area contributed by atoms with E-state index in [1.54, 1.807) is 15.9 Å². The molecule has 0 unspecified atom stereocenters. The molecule has 1 aliphatic rings. The number of rotatable bonds is 8. The molecule has 0 saturated carbocycles. The highest BCUT2D eigenvalue weighted by molar-refractivity contribution is 6.30. The summed E-state index contributed by atoms with van der Waals surface area (Å²) in [6, 6.07) is 14.9. The second-order valence-electron chi connectivity index (χ2n) is 6.57. The second-order valence-corrected chi connectivity index (χ2v) is 7.01. The maximum absolute atomic E-state index is 12.6. The van der Waals surface area contributed by atoms with Gasteiger partial charge < -0.3 is 19.9 Å². The first kappa shape index (κ1) is 20.0. The van der Waals surface area contributed by atoms with E-state index >= 15 is 0 Å². The summed E-state index contributed by atoms with van der Waals surface area (Å²) in [5.41, 5.74) is 1.88. The summed E-state index contributed by atoms with van der Waals surface area (Å²) in [5, 5.41) is 3.51. The van der Waals surface area contributed by atoms with Crippen LogP contribution in [0.3, 0.4) is 0 Å². The Morgan fingerprint density at radius 3 is 2.71 bits per heavy atom. The van der Waals surface area contributed by atoms with Crippen molar-refractivity contribution in [2.45, 2.75) is 20.0 Å². The van der Waals surface area contributed by atoms with E-state index in [4.69, 9.17) is 16.3 Å². The molecule has 1 fully saturated rings. The zero-order chi connectivity index (χ0) is 19.9. The third-order valence-corrected chi connectivity index (χ3v) is 4.76. The lowest BCUT2D eigenvalue weighted by Crippen LogP contribution is -2.39. The Morgan fingerprint density at radius 1 is 1.14 bits per heavy atom. The molecule has 0 bridgehead atoms. The number of carbonyl (C=O) groups is 2. The van der Waals surface area contributed by atoms with E-state index in [0.29, 0.717) is 37.8 Å². The molecular weight excluding hydrogens is 378 g/mol. The summed E-state index contributed by atoms with van der Waals surface area (Å²) < 4.78 is 5.57. The molecule has 3 rings (SSSR count). The number of benzene rings is 2. The van der Waals surface area contributed by atoms with Crippen LogP contribution in [-0.4, -0.2) is 48.0 Å². The van der Waals surface area contributed by atoms with Gasteiger partial charge >= 0.3 is 6.03 Å². The van der Waals surface area contributed by atoms with Gasteiger partial charge in [-0.05, 0) is 30.7 Å². The molecule has 0 aromatic heterocycles. The van der Waals surface area contributed by atoms with Crippen LogP contribution >= 0.6 is 11.6 Å². The molecule has 7 heteroatoms. The lowest BCUT2D eigenvalue weighted by atomic mass is 10.2. The number of amides is 3. The predicted octanol–water partition coefficient (Wildman–Crippen LogP) is 3.29. The van der Waals surface area contributed by atoms with Crippen molar-refractivity contribution in [2.24, 2.45) is 0 Å². The van der Waals surface area contributed by atoms with E-state index < -0.39 is 0 Å². The molecule has 3 amide bonds. The van der Waals surface area contributed by atoms with Crippen LogP contribution < -0.4 is 10.1 Å². The first-order chi connectivity index (χ1) is 13.6. The highest BCUT2D eigenvalue weighted by atomic mass is 35.5.